The SMILES string of the molecule is CCOc1cc(C#N)ccc1OCC(=O)NC(C)(C#N)C(C)C. The fraction of sp³-hybridized carbons (Fsp3) is 0.471. The van der Waals surface area contributed by atoms with Crippen molar-refractivity contribution in [1.29, 1.82) is 10.5 Å². The van der Waals surface area contributed by atoms with Gasteiger partial charge < -0.3 is 14.8 Å². The van der Waals surface area contributed by atoms with E-state index in [1.165, 1.54) is 0 Å². The van der Waals surface area contributed by atoms with E-state index >= 15 is 0 Å². The summed E-state index contributed by atoms with van der Waals surface area (Å²) in [5.41, 5.74) is -0.504. The van der Waals surface area contributed by atoms with Crippen molar-refractivity contribution < 1.29 is 14.3 Å². The maximum atomic E-state index is 12.0. The van der Waals surface area contributed by atoms with Gasteiger partial charge in [0.25, 0.3) is 5.91 Å². The Morgan fingerprint density at radius 2 is 2.00 bits per heavy atom. The lowest BCUT2D eigenvalue weighted by molar-refractivity contribution is -0.124. The minimum absolute atomic E-state index is 0.0367. The van der Waals surface area contributed by atoms with Crippen molar-refractivity contribution in [3.8, 4) is 23.6 Å². The van der Waals surface area contributed by atoms with Crippen LogP contribution in [0.25, 0.3) is 0 Å². The fourth-order valence-corrected chi connectivity index (χ4v) is 1.74. The lowest BCUT2D eigenvalue weighted by Crippen LogP contribution is -2.50. The summed E-state index contributed by atoms with van der Waals surface area (Å²) in [4.78, 5) is 12.0. The minimum Gasteiger partial charge on any atom is -0.490 e. The molecule has 1 amide bonds. The number of benzene rings is 1. The number of carbonyl (C=O) groups excluding carboxylic acids is 1. The number of nitrogens with one attached hydrogen (secondary N) is 1. The highest BCUT2D eigenvalue weighted by Crippen LogP contribution is 2.28. The monoisotopic (exact) mass is 315 g/mol. The summed E-state index contributed by atoms with van der Waals surface area (Å²) in [5, 5.41) is 20.8. The molecule has 1 aromatic carbocycles. The molecule has 0 aromatic heterocycles. The molecule has 0 aliphatic heterocycles. The van der Waals surface area contributed by atoms with Crippen LogP contribution in [0, 0.1) is 28.6 Å². The molecule has 0 fully saturated rings. The first kappa shape index (κ1) is 18.3. The smallest absolute Gasteiger partial charge is 0.259 e. The molecule has 0 saturated heterocycles. The second kappa shape index (κ2) is 8.05. The molecule has 122 valence electrons. The van der Waals surface area contributed by atoms with Crippen LogP contribution < -0.4 is 14.8 Å². The van der Waals surface area contributed by atoms with E-state index in [1.807, 2.05) is 26.8 Å². The number of nitriles is 2. The topological polar surface area (TPSA) is 95.1 Å². The van der Waals surface area contributed by atoms with E-state index in [2.05, 4.69) is 11.4 Å². The van der Waals surface area contributed by atoms with Crippen molar-refractivity contribution in [3.05, 3.63) is 23.8 Å². The Morgan fingerprint density at radius 3 is 2.52 bits per heavy atom. The largest absolute Gasteiger partial charge is 0.490 e. The van der Waals surface area contributed by atoms with Crippen molar-refractivity contribution in [2.75, 3.05) is 13.2 Å². The van der Waals surface area contributed by atoms with Gasteiger partial charge >= 0.3 is 0 Å². The van der Waals surface area contributed by atoms with Crippen LogP contribution in [0.5, 0.6) is 11.5 Å². The van der Waals surface area contributed by atoms with Crippen LogP contribution in [-0.2, 0) is 4.79 Å². The summed E-state index contributed by atoms with van der Waals surface area (Å²) in [6, 6.07) is 8.86. The highest BCUT2D eigenvalue weighted by atomic mass is 16.5. The van der Waals surface area contributed by atoms with Gasteiger partial charge in [-0.3, -0.25) is 4.79 Å². The molecular formula is C17H21N3O3. The van der Waals surface area contributed by atoms with Gasteiger partial charge in [0.05, 0.1) is 24.3 Å². The first-order valence-corrected chi connectivity index (χ1v) is 7.38. The molecule has 6 nitrogen and oxygen atoms in total. The van der Waals surface area contributed by atoms with Crippen molar-refractivity contribution in [1.82, 2.24) is 5.32 Å². The Hall–Kier alpha value is -2.73. The molecule has 23 heavy (non-hydrogen) atoms. The average molecular weight is 315 g/mol. The molecular weight excluding hydrogens is 294 g/mol. The zero-order chi connectivity index (χ0) is 17.5. The summed E-state index contributed by atoms with van der Waals surface area (Å²) in [7, 11) is 0. The van der Waals surface area contributed by atoms with Crippen molar-refractivity contribution >= 4 is 5.91 Å². The van der Waals surface area contributed by atoms with E-state index in [-0.39, 0.29) is 12.5 Å². The molecule has 1 atom stereocenters. The molecule has 1 N–H and O–H groups in total. The summed E-state index contributed by atoms with van der Waals surface area (Å²) in [5.74, 6) is 0.357. The Bertz CT molecular complexity index is 643. The van der Waals surface area contributed by atoms with Crippen LogP contribution in [0.4, 0.5) is 0 Å². The average Bonchev–Trinajstić information content (AvgIpc) is 2.53. The Morgan fingerprint density at radius 1 is 1.30 bits per heavy atom. The number of rotatable bonds is 7. The van der Waals surface area contributed by atoms with Gasteiger partial charge in [-0.25, -0.2) is 0 Å². The fourth-order valence-electron chi connectivity index (χ4n) is 1.74. The minimum atomic E-state index is -0.951. The predicted molar refractivity (Wildman–Crippen MR) is 84.8 cm³/mol. The summed E-state index contributed by atoms with van der Waals surface area (Å²) in [6.45, 7) is 7.38. The van der Waals surface area contributed by atoms with Crippen LogP contribution >= 0.6 is 0 Å². The third-order valence-electron chi connectivity index (χ3n) is 3.52. The molecule has 1 rings (SSSR count). The maximum Gasteiger partial charge on any atom is 0.259 e. The molecule has 0 heterocycles. The van der Waals surface area contributed by atoms with E-state index in [4.69, 9.17) is 14.7 Å². The standard InChI is InChI=1S/C17H21N3O3/c1-5-22-15-8-13(9-18)6-7-14(15)23-10-16(21)20-17(4,11-19)12(2)3/h6-8,12H,5,10H2,1-4H3,(H,20,21). The molecule has 1 aromatic rings. The molecule has 0 bridgehead atoms. The van der Waals surface area contributed by atoms with Crippen LogP contribution in [0.3, 0.4) is 0 Å². The molecule has 0 aliphatic carbocycles. The van der Waals surface area contributed by atoms with Gasteiger partial charge in [0.15, 0.2) is 18.1 Å². The molecule has 0 saturated carbocycles. The molecule has 1 unspecified atom stereocenters. The Labute approximate surface area is 136 Å². The number of nitrogens with zero attached hydrogens (tertiary/aromatic N) is 2. The van der Waals surface area contributed by atoms with E-state index in [9.17, 15) is 10.1 Å². The van der Waals surface area contributed by atoms with Gasteiger partial charge in [0.1, 0.15) is 5.54 Å². The van der Waals surface area contributed by atoms with Gasteiger partial charge in [-0.15, -0.1) is 0 Å². The zero-order valence-electron chi connectivity index (χ0n) is 13.8. The van der Waals surface area contributed by atoms with Gasteiger partial charge in [-0.05, 0) is 31.9 Å². The summed E-state index contributed by atoms with van der Waals surface area (Å²) in [6.07, 6.45) is 0. The third-order valence-corrected chi connectivity index (χ3v) is 3.52. The molecule has 0 radical (unpaired) electrons. The van der Waals surface area contributed by atoms with E-state index in [0.29, 0.717) is 23.7 Å². The lowest BCUT2D eigenvalue weighted by Gasteiger charge is -2.27. The van der Waals surface area contributed by atoms with Gasteiger partial charge in [-0.2, -0.15) is 10.5 Å². The van der Waals surface area contributed by atoms with E-state index in [0.717, 1.165) is 0 Å². The molecule has 0 aliphatic rings. The third kappa shape index (κ3) is 4.89. The number of hydrogen-bond donors (Lipinski definition) is 1. The van der Waals surface area contributed by atoms with Gasteiger partial charge in [0, 0.05) is 6.07 Å². The normalized spacial score (nSPS) is 12.7. The molecule has 6 heteroatoms. The highest BCUT2D eigenvalue weighted by Gasteiger charge is 2.30. The van der Waals surface area contributed by atoms with Crippen LogP contribution in [0.1, 0.15) is 33.3 Å². The van der Waals surface area contributed by atoms with Gasteiger partial charge in [0.2, 0.25) is 0 Å². The van der Waals surface area contributed by atoms with Crippen molar-refractivity contribution in [2.24, 2.45) is 5.92 Å². The van der Waals surface area contributed by atoms with Crippen LogP contribution in [0.15, 0.2) is 18.2 Å². The van der Waals surface area contributed by atoms with Crippen molar-refractivity contribution in [3.63, 3.8) is 0 Å². The summed E-state index contributed by atoms with van der Waals surface area (Å²) < 4.78 is 10.9. The quantitative estimate of drug-likeness (QED) is 0.833. The first-order valence-electron chi connectivity index (χ1n) is 7.38. The highest BCUT2D eigenvalue weighted by molar-refractivity contribution is 5.79. The maximum absolute atomic E-state index is 12.0. The Kier molecular flexibility index (Phi) is 6.41. The Balaban J connectivity index is 2.77. The first-order chi connectivity index (χ1) is 10.9. The van der Waals surface area contributed by atoms with E-state index in [1.54, 1.807) is 25.1 Å². The summed E-state index contributed by atoms with van der Waals surface area (Å²) >= 11 is 0. The van der Waals surface area contributed by atoms with Crippen LogP contribution in [-0.4, -0.2) is 24.7 Å². The van der Waals surface area contributed by atoms with E-state index < -0.39 is 11.4 Å². The predicted octanol–water partition coefficient (Wildman–Crippen LogP) is 2.39. The lowest BCUT2D eigenvalue weighted by atomic mass is 9.90. The number of ether oxygens (including phenoxy) is 2. The second-order valence-electron chi connectivity index (χ2n) is 5.51. The van der Waals surface area contributed by atoms with Crippen LogP contribution in [0.2, 0.25) is 0 Å². The second-order valence-corrected chi connectivity index (χ2v) is 5.51. The zero-order valence-corrected chi connectivity index (χ0v) is 13.8. The number of amides is 1. The molecule has 0 spiro atoms. The van der Waals surface area contributed by atoms with Crippen molar-refractivity contribution in [2.45, 2.75) is 33.2 Å². The van der Waals surface area contributed by atoms with Gasteiger partial charge in [-0.1, -0.05) is 13.8 Å². The number of hydrogen-bond acceptors (Lipinski definition) is 5. The number of carbonyl (C=O) groups is 1.